The van der Waals surface area contributed by atoms with E-state index < -0.39 is 0 Å². The van der Waals surface area contributed by atoms with Gasteiger partial charge in [0.15, 0.2) is 0 Å². The lowest BCUT2D eigenvalue weighted by atomic mass is 10.5. The summed E-state index contributed by atoms with van der Waals surface area (Å²) in [7, 11) is 0. The first-order valence-corrected chi connectivity index (χ1v) is 4.82. The Morgan fingerprint density at radius 3 is 2.93 bits per heavy atom. The minimum Gasteiger partial charge on any atom is -0.336 e. The van der Waals surface area contributed by atoms with Gasteiger partial charge in [0.1, 0.15) is 12.2 Å². The Morgan fingerprint density at radius 1 is 1.29 bits per heavy atom. The maximum atomic E-state index is 5.69. The molecule has 14 heavy (non-hydrogen) atoms. The molecule has 0 aromatic carbocycles. The van der Waals surface area contributed by atoms with E-state index in [-0.39, 0.29) is 0 Å². The Hall–Kier alpha value is -1.36. The first-order chi connectivity index (χ1) is 6.90. The van der Waals surface area contributed by atoms with Crippen LogP contribution in [0.3, 0.4) is 0 Å². The number of aromatic nitrogens is 5. The smallest absolute Gasteiger partial charge is 0.147 e. The number of halogens is 1. The monoisotopic (exact) mass is 211 g/mol. The Labute approximate surface area is 86.4 Å². The molecule has 2 aromatic rings. The first kappa shape index (κ1) is 9.21. The van der Waals surface area contributed by atoms with Gasteiger partial charge in [-0.1, -0.05) is 0 Å². The van der Waals surface area contributed by atoms with Crippen LogP contribution in [0.5, 0.6) is 0 Å². The normalized spacial score (nSPS) is 10.6. The van der Waals surface area contributed by atoms with Crippen molar-refractivity contribution in [2.75, 3.05) is 0 Å². The molecule has 0 bridgehead atoms. The highest BCUT2D eigenvalue weighted by molar-refractivity contribution is 6.16. The Balaban J connectivity index is 1.98. The van der Waals surface area contributed by atoms with Crippen LogP contribution in [-0.4, -0.2) is 24.3 Å². The number of imidazole rings is 1. The molecule has 2 aromatic heterocycles. The molecule has 0 atom stereocenters. The van der Waals surface area contributed by atoms with E-state index in [2.05, 4.69) is 15.2 Å². The van der Waals surface area contributed by atoms with Crippen LogP contribution in [0.25, 0.3) is 0 Å². The zero-order valence-corrected chi connectivity index (χ0v) is 8.30. The Bertz CT molecular complexity index is 380. The van der Waals surface area contributed by atoms with Gasteiger partial charge >= 0.3 is 0 Å². The van der Waals surface area contributed by atoms with Gasteiger partial charge in [-0.2, -0.15) is 0 Å². The van der Waals surface area contributed by atoms with Crippen LogP contribution in [0, 0.1) is 0 Å². The molecule has 0 aliphatic carbocycles. The van der Waals surface area contributed by atoms with Gasteiger partial charge in [0.05, 0.1) is 12.2 Å². The molecule has 0 unspecified atom stereocenters. The highest BCUT2D eigenvalue weighted by Crippen LogP contribution is 2.00. The first-order valence-electron chi connectivity index (χ1n) is 4.28. The number of hydrogen-bond donors (Lipinski definition) is 0. The van der Waals surface area contributed by atoms with Crippen molar-refractivity contribution in [3.63, 3.8) is 0 Å². The molecule has 0 saturated carbocycles. The molecule has 2 heterocycles. The van der Waals surface area contributed by atoms with E-state index >= 15 is 0 Å². The van der Waals surface area contributed by atoms with Crippen molar-refractivity contribution in [2.45, 2.75) is 19.0 Å². The van der Waals surface area contributed by atoms with Gasteiger partial charge in [0.25, 0.3) is 0 Å². The third-order valence-electron chi connectivity index (χ3n) is 1.97. The van der Waals surface area contributed by atoms with Gasteiger partial charge in [-0.05, 0) is 0 Å². The molecular weight excluding hydrogens is 202 g/mol. The van der Waals surface area contributed by atoms with Gasteiger partial charge in [-0.15, -0.1) is 21.8 Å². The fourth-order valence-electron chi connectivity index (χ4n) is 1.21. The largest absolute Gasteiger partial charge is 0.336 e. The Kier molecular flexibility index (Phi) is 2.78. The average molecular weight is 212 g/mol. The van der Waals surface area contributed by atoms with Gasteiger partial charge in [-0.25, -0.2) is 4.98 Å². The molecule has 6 heteroatoms. The summed E-state index contributed by atoms with van der Waals surface area (Å²) in [6, 6.07) is 0. The predicted octanol–water partition coefficient (Wildman–Crippen LogP) is 0.914. The zero-order valence-electron chi connectivity index (χ0n) is 7.54. The topological polar surface area (TPSA) is 48.5 Å². The van der Waals surface area contributed by atoms with E-state index in [1.54, 1.807) is 18.9 Å². The molecular formula is C8H10ClN5. The molecule has 0 aliphatic rings. The summed E-state index contributed by atoms with van der Waals surface area (Å²) in [6.07, 6.45) is 7.15. The van der Waals surface area contributed by atoms with Gasteiger partial charge in [0.2, 0.25) is 0 Å². The summed E-state index contributed by atoms with van der Waals surface area (Å²) in [5, 5.41) is 7.69. The number of hydrogen-bond acceptors (Lipinski definition) is 3. The summed E-state index contributed by atoms with van der Waals surface area (Å²) in [5.74, 6) is 1.19. The van der Waals surface area contributed by atoms with Gasteiger partial charge in [0, 0.05) is 25.5 Å². The minimum absolute atomic E-state index is 0.393. The lowest BCUT2D eigenvalue weighted by Gasteiger charge is -2.04. The number of alkyl halides is 1. The summed E-state index contributed by atoms with van der Waals surface area (Å²) < 4.78 is 3.94. The van der Waals surface area contributed by atoms with Crippen LogP contribution in [0.2, 0.25) is 0 Å². The summed E-state index contributed by atoms with van der Waals surface area (Å²) in [5.41, 5.74) is 0. The fraction of sp³-hybridized carbons (Fsp3) is 0.375. The zero-order chi connectivity index (χ0) is 9.80. The van der Waals surface area contributed by atoms with Crippen molar-refractivity contribution in [1.82, 2.24) is 24.3 Å². The van der Waals surface area contributed by atoms with Gasteiger partial charge < -0.3 is 9.13 Å². The van der Waals surface area contributed by atoms with Crippen LogP contribution < -0.4 is 0 Å². The van der Waals surface area contributed by atoms with Crippen molar-refractivity contribution in [1.29, 1.82) is 0 Å². The van der Waals surface area contributed by atoms with Crippen molar-refractivity contribution >= 4 is 11.6 Å². The highest BCUT2D eigenvalue weighted by atomic mass is 35.5. The lowest BCUT2D eigenvalue weighted by molar-refractivity contribution is 0.565. The van der Waals surface area contributed by atoms with E-state index in [4.69, 9.17) is 11.6 Å². The standard InChI is InChI=1S/C8H10ClN5/c9-5-8-12-11-7-14(8)4-3-13-2-1-10-6-13/h1-2,6-7H,3-5H2. The summed E-state index contributed by atoms with van der Waals surface area (Å²) in [6.45, 7) is 1.66. The van der Waals surface area contributed by atoms with E-state index in [0.717, 1.165) is 18.9 Å². The number of nitrogens with zero attached hydrogens (tertiary/aromatic N) is 5. The highest BCUT2D eigenvalue weighted by Gasteiger charge is 2.01. The number of rotatable bonds is 4. The van der Waals surface area contributed by atoms with Crippen molar-refractivity contribution < 1.29 is 0 Å². The maximum Gasteiger partial charge on any atom is 0.147 e. The summed E-state index contributed by atoms with van der Waals surface area (Å²) in [4.78, 5) is 3.96. The SMILES string of the molecule is ClCc1nncn1CCn1ccnc1. The maximum absolute atomic E-state index is 5.69. The third kappa shape index (κ3) is 1.93. The van der Waals surface area contributed by atoms with E-state index in [1.807, 2.05) is 15.3 Å². The molecule has 74 valence electrons. The second kappa shape index (κ2) is 4.23. The van der Waals surface area contributed by atoms with E-state index in [0.29, 0.717) is 5.88 Å². The van der Waals surface area contributed by atoms with E-state index in [1.165, 1.54) is 0 Å². The minimum atomic E-state index is 0.393. The quantitative estimate of drug-likeness (QED) is 0.707. The third-order valence-corrected chi connectivity index (χ3v) is 2.21. The van der Waals surface area contributed by atoms with Crippen LogP contribution in [0.4, 0.5) is 0 Å². The molecule has 0 amide bonds. The molecule has 0 N–H and O–H groups in total. The molecule has 0 spiro atoms. The van der Waals surface area contributed by atoms with Crippen LogP contribution >= 0.6 is 11.6 Å². The summed E-state index contributed by atoms with van der Waals surface area (Å²) >= 11 is 5.69. The predicted molar refractivity (Wildman–Crippen MR) is 51.8 cm³/mol. The van der Waals surface area contributed by atoms with Crippen LogP contribution in [0.1, 0.15) is 5.82 Å². The van der Waals surface area contributed by atoms with Crippen LogP contribution in [0.15, 0.2) is 25.0 Å². The van der Waals surface area contributed by atoms with E-state index in [9.17, 15) is 0 Å². The molecule has 5 nitrogen and oxygen atoms in total. The second-order valence-electron chi connectivity index (χ2n) is 2.87. The molecule has 0 radical (unpaired) electrons. The molecule has 0 saturated heterocycles. The second-order valence-corrected chi connectivity index (χ2v) is 3.14. The number of aryl methyl sites for hydroxylation is 2. The molecule has 2 rings (SSSR count). The molecule has 0 aliphatic heterocycles. The van der Waals surface area contributed by atoms with Crippen LogP contribution in [-0.2, 0) is 19.0 Å². The average Bonchev–Trinajstić information content (AvgIpc) is 2.85. The van der Waals surface area contributed by atoms with Crippen molar-refractivity contribution in [3.8, 4) is 0 Å². The Morgan fingerprint density at radius 2 is 2.21 bits per heavy atom. The fourth-order valence-corrected chi connectivity index (χ4v) is 1.42. The van der Waals surface area contributed by atoms with Crippen molar-refractivity contribution in [3.05, 3.63) is 30.9 Å². The molecule has 0 fully saturated rings. The van der Waals surface area contributed by atoms with Crippen molar-refractivity contribution in [2.24, 2.45) is 0 Å². The van der Waals surface area contributed by atoms with Gasteiger partial charge in [-0.3, -0.25) is 0 Å². The lowest BCUT2D eigenvalue weighted by Crippen LogP contribution is -2.07.